The van der Waals surface area contributed by atoms with E-state index in [1.807, 2.05) is 6.08 Å². The van der Waals surface area contributed by atoms with Crippen molar-refractivity contribution in [3.8, 4) is 0 Å². The third-order valence-corrected chi connectivity index (χ3v) is 7.75. The van der Waals surface area contributed by atoms with E-state index in [2.05, 4.69) is 61.7 Å². The molecule has 0 bridgehead atoms. The Hall–Kier alpha value is -2.03. The number of phosphoric acid groups is 1. The number of aliphatic hydroxyl groups is 1. The van der Waals surface area contributed by atoms with E-state index >= 15 is 0 Å². The molecule has 0 aromatic rings. The summed E-state index contributed by atoms with van der Waals surface area (Å²) >= 11 is 0. The number of esters is 1. The first-order valence-electron chi connectivity index (χ1n) is 17.1. The van der Waals surface area contributed by atoms with Crippen LogP contribution < -0.4 is 5.32 Å². The normalized spacial score (nSPS) is 14.1. The van der Waals surface area contributed by atoms with Crippen LogP contribution in [-0.2, 0) is 27.9 Å². The van der Waals surface area contributed by atoms with Crippen molar-refractivity contribution in [2.24, 2.45) is 0 Å². The number of carbonyl (C=O) groups excluding carboxylic acids is 2. The van der Waals surface area contributed by atoms with Crippen LogP contribution in [0.1, 0.15) is 129 Å². The molecule has 2 atom stereocenters. The van der Waals surface area contributed by atoms with E-state index < -0.39 is 26.5 Å². The summed E-state index contributed by atoms with van der Waals surface area (Å²) in [6.45, 7) is 3.38. The lowest BCUT2D eigenvalue weighted by Crippen LogP contribution is -2.27. The third kappa shape index (κ3) is 33.2. The minimum atomic E-state index is -4.41. The minimum absolute atomic E-state index is 0.0739. The summed E-state index contributed by atoms with van der Waals surface area (Å²) in [5.41, 5.74) is 0. The fourth-order valence-corrected chi connectivity index (χ4v) is 4.89. The summed E-state index contributed by atoms with van der Waals surface area (Å²) in [7, 11) is -4.41. The Balaban J connectivity index is 3.76. The first-order valence-corrected chi connectivity index (χ1v) is 18.6. The maximum atomic E-state index is 12.0. The molecular formula is C35H62NO8P. The number of ether oxygens (including phenoxy) is 1. The van der Waals surface area contributed by atoms with Gasteiger partial charge in [0.15, 0.2) is 0 Å². The van der Waals surface area contributed by atoms with Gasteiger partial charge in [-0.1, -0.05) is 114 Å². The fraction of sp³-hybridized carbons (Fsp3) is 0.714. The molecule has 10 heteroatoms. The van der Waals surface area contributed by atoms with E-state index in [0.717, 1.165) is 44.9 Å². The van der Waals surface area contributed by atoms with Crippen LogP contribution >= 0.6 is 7.82 Å². The topological polar surface area (TPSA) is 131 Å². The smallest absolute Gasteiger partial charge is 0.463 e. The van der Waals surface area contributed by atoms with Gasteiger partial charge in [0.25, 0.3) is 0 Å². The van der Waals surface area contributed by atoms with Gasteiger partial charge in [-0.3, -0.25) is 18.6 Å². The molecule has 1 amide bonds. The Bertz CT molecular complexity index is 887. The highest BCUT2D eigenvalue weighted by Crippen LogP contribution is 2.42. The van der Waals surface area contributed by atoms with Crippen molar-refractivity contribution in [1.82, 2.24) is 5.32 Å². The molecular weight excluding hydrogens is 593 g/mol. The molecule has 9 nitrogen and oxygen atoms in total. The van der Waals surface area contributed by atoms with Gasteiger partial charge in [-0.05, 0) is 51.4 Å². The van der Waals surface area contributed by atoms with Gasteiger partial charge in [0, 0.05) is 19.4 Å². The van der Waals surface area contributed by atoms with Crippen LogP contribution in [0.2, 0.25) is 0 Å². The number of allylic oxidation sites excluding steroid dienone is 8. The molecule has 0 saturated heterocycles. The Morgan fingerprint density at radius 3 is 1.84 bits per heavy atom. The van der Waals surface area contributed by atoms with Crippen molar-refractivity contribution in [3.05, 3.63) is 48.6 Å². The van der Waals surface area contributed by atoms with Crippen molar-refractivity contribution in [1.29, 1.82) is 0 Å². The van der Waals surface area contributed by atoms with Crippen LogP contribution in [0.25, 0.3) is 0 Å². The van der Waals surface area contributed by atoms with E-state index in [0.29, 0.717) is 12.8 Å². The maximum Gasteiger partial charge on any atom is 0.472 e. The zero-order chi connectivity index (χ0) is 33.3. The van der Waals surface area contributed by atoms with E-state index in [1.54, 1.807) is 0 Å². The predicted molar refractivity (Wildman–Crippen MR) is 183 cm³/mol. The second-order valence-corrected chi connectivity index (χ2v) is 12.6. The Morgan fingerprint density at radius 2 is 1.22 bits per heavy atom. The first kappa shape index (κ1) is 43.0. The molecule has 0 fully saturated rings. The first-order chi connectivity index (χ1) is 21.8. The largest absolute Gasteiger partial charge is 0.472 e. The number of amides is 1. The number of hydrogen-bond donors (Lipinski definition) is 3. The van der Waals surface area contributed by atoms with Crippen LogP contribution in [0, 0.1) is 0 Å². The molecule has 0 aliphatic heterocycles. The lowest BCUT2D eigenvalue weighted by Gasteiger charge is -2.15. The second kappa shape index (κ2) is 31.9. The van der Waals surface area contributed by atoms with Gasteiger partial charge in [0.1, 0.15) is 12.7 Å². The third-order valence-electron chi connectivity index (χ3n) is 6.76. The molecule has 260 valence electrons. The summed E-state index contributed by atoms with van der Waals surface area (Å²) in [5, 5.41) is 12.6. The quantitative estimate of drug-likeness (QED) is 0.0294. The van der Waals surface area contributed by atoms with E-state index in [9.17, 15) is 24.2 Å². The van der Waals surface area contributed by atoms with Crippen LogP contribution in [-0.4, -0.2) is 54.3 Å². The average Bonchev–Trinajstić information content (AvgIpc) is 3.02. The van der Waals surface area contributed by atoms with E-state index in [1.165, 1.54) is 51.4 Å². The zero-order valence-electron chi connectivity index (χ0n) is 28.0. The highest BCUT2D eigenvalue weighted by Gasteiger charge is 2.23. The second-order valence-electron chi connectivity index (χ2n) is 11.1. The molecule has 3 N–H and O–H groups in total. The Morgan fingerprint density at radius 1 is 0.689 bits per heavy atom. The molecule has 2 unspecified atom stereocenters. The SMILES string of the molecule is CCCCC/C=C\C/C=C\C/C=C\C/C=C\CCCC(=O)OCC(O)COP(=O)(O)OCCNC(=O)CCCCCCCCC. The minimum Gasteiger partial charge on any atom is -0.463 e. The van der Waals surface area contributed by atoms with Crippen LogP contribution in [0.5, 0.6) is 0 Å². The number of unbranched alkanes of at least 4 members (excludes halogenated alkanes) is 10. The number of phosphoric ester groups is 1. The molecule has 45 heavy (non-hydrogen) atoms. The maximum absolute atomic E-state index is 12.0. The molecule has 0 heterocycles. The Kier molecular flexibility index (Phi) is 30.5. The van der Waals surface area contributed by atoms with Gasteiger partial charge in [-0.15, -0.1) is 0 Å². The number of nitrogens with one attached hydrogen (secondary N) is 1. The highest BCUT2D eigenvalue weighted by atomic mass is 31.2. The summed E-state index contributed by atoms with van der Waals surface area (Å²) in [6.07, 6.45) is 33.5. The molecule has 0 aliphatic carbocycles. The van der Waals surface area contributed by atoms with Gasteiger partial charge in [-0.25, -0.2) is 4.57 Å². The van der Waals surface area contributed by atoms with Crippen LogP contribution in [0.4, 0.5) is 0 Å². The van der Waals surface area contributed by atoms with E-state index in [4.69, 9.17) is 13.8 Å². The average molecular weight is 656 g/mol. The van der Waals surface area contributed by atoms with Crippen molar-refractivity contribution in [3.63, 3.8) is 0 Å². The molecule has 0 spiro atoms. The fourth-order valence-electron chi connectivity index (χ4n) is 4.13. The summed E-state index contributed by atoms with van der Waals surface area (Å²) in [4.78, 5) is 33.5. The number of carbonyl (C=O) groups is 2. The molecule has 0 saturated carbocycles. The van der Waals surface area contributed by atoms with Gasteiger partial charge in [-0.2, -0.15) is 0 Å². The summed E-state index contributed by atoms with van der Waals surface area (Å²) < 4.78 is 26.6. The van der Waals surface area contributed by atoms with Crippen molar-refractivity contribution in [2.75, 3.05) is 26.4 Å². The van der Waals surface area contributed by atoms with Crippen molar-refractivity contribution < 1.29 is 37.9 Å². The molecule has 0 rings (SSSR count). The summed E-state index contributed by atoms with van der Waals surface area (Å²) in [5.74, 6) is -0.585. The summed E-state index contributed by atoms with van der Waals surface area (Å²) in [6, 6.07) is 0. The van der Waals surface area contributed by atoms with Gasteiger partial charge in [0.2, 0.25) is 5.91 Å². The molecule has 0 aliphatic rings. The van der Waals surface area contributed by atoms with Gasteiger partial charge >= 0.3 is 13.8 Å². The number of hydrogen-bond acceptors (Lipinski definition) is 7. The van der Waals surface area contributed by atoms with Gasteiger partial charge in [0.05, 0.1) is 13.2 Å². The standard InChI is InChI=1S/C35H62NO8P/c1-3-5-7-9-11-12-13-14-15-16-17-18-19-20-22-24-26-28-35(39)42-31-33(37)32-44-45(40,41)43-30-29-36-34(38)27-25-23-21-10-8-6-4-2/h11-12,14-15,17-18,20,22,33,37H,3-10,13,16,19,21,23-32H2,1-2H3,(H,36,38)(H,40,41)/b12-11-,15-14-,18-17-,22-20-. The molecule has 0 radical (unpaired) electrons. The lowest BCUT2D eigenvalue weighted by molar-refractivity contribution is -0.147. The van der Waals surface area contributed by atoms with Crippen molar-refractivity contribution in [2.45, 2.75) is 136 Å². The van der Waals surface area contributed by atoms with Crippen LogP contribution in [0.3, 0.4) is 0 Å². The Labute approximate surface area is 273 Å². The number of aliphatic hydroxyl groups excluding tert-OH is 1. The van der Waals surface area contributed by atoms with E-state index in [-0.39, 0.29) is 32.1 Å². The monoisotopic (exact) mass is 655 g/mol. The number of rotatable bonds is 31. The molecule has 0 aromatic heterocycles. The lowest BCUT2D eigenvalue weighted by atomic mass is 10.1. The highest BCUT2D eigenvalue weighted by molar-refractivity contribution is 7.47. The van der Waals surface area contributed by atoms with Crippen LogP contribution in [0.15, 0.2) is 48.6 Å². The predicted octanol–water partition coefficient (Wildman–Crippen LogP) is 8.43. The van der Waals surface area contributed by atoms with Crippen molar-refractivity contribution >= 4 is 19.7 Å². The zero-order valence-corrected chi connectivity index (χ0v) is 28.9. The molecule has 0 aromatic carbocycles. The van der Waals surface area contributed by atoms with Gasteiger partial charge < -0.3 is 20.1 Å².